The molecule has 0 spiro atoms. The van der Waals surface area contributed by atoms with Gasteiger partial charge in [0.25, 0.3) is 0 Å². The van der Waals surface area contributed by atoms with E-state index in [4.69, 9.17) is 0 Å². The fourth-order valence-electron chi connectivity index (χ4n) is 6.37. The number of ether oxygens (including phenoxy) is 1. The summed E-state index contributed by atoms with van der Waals surface area (Å²) in [5.74, 6) is -8.35. The van der Waals surface area contributed by atoms with Crippen molar-refractivity contribution in [2.45, 2.75) is 63.4 Å². The highest BCUT2D eigenvalue weighted by Crippen LogP contribution is 2.42. The first kappa shape index (κ1) is 32.7. The van der Waals surface area contributed by atoms with Gasteiger partial charge in [0.15, 0.2) is 23.3 Å². The highest BCUT2D eigenvalue weighted by molar-refractivity contribution is 5.68. The first-order chi connectivity index (χ1) is 21.4. The van der Waals surface area contributed by atoms with Gasteiger partial charge in [0.05, 0.1) is 5.92 Å². The molecule has 2 aliphatic carbocycles. The Morgan fingerprint density at radius 2 is 1.18 bits per heavy atom. The van der Waals surface area contributed by atoms with Crippen molar-refractivity contribution in [2.75, 3.05) is 0 Å². The molecule has 0 aliphatic heterocycles. The monoisotopic (exact) mass is 638 g/mol. The highest BCUT2D eigenvalue weighted by atomic mass is 19.3. The maximum Gasteiger partial charge on any atom is 0.400 e. The topological polar surface area (TPSA) is 9.23 Å². The van der Waals surface area contributed by atoms with Crippen molar-refractivity contribution in [1.29, 1.82) is 0 Å². The number of benzene rings is 3. The number of allylic oxidation sites excluding steroid dienone is 2. The van der Waals surface area contributed by atoms with Crippen LogP contribution in [0.4, 0.5) is 39.5 Å². The van der Waals surface area contributed by atoms with E-state index in [2.05, 4.69) is 16.9 Å². The Morgan fingerprint density at radius 3 is 1.71 bits per heavy atom. The standard InChI is InChI=1S/C35H31F9O/c36-29-17-25(22-9-11-24(12-10-22)32(39)34(41)42)13-16-28(29)23-7-3-20(4-8-23)1-2-21-5-14-26(15-6-21)35(43,44)45-27-18-30(37)33(40)31(38)19-27/h1-2,9-13,16-21,23,26H,3-8,14-15H2. The van der Waals surface area contributed by atoms with Crippen LogP contribution in [-0.4, -0.2) is 6.11 Å². The Balaban J connectivity index is 1.10. The van der Waals surface area contributed by atoms with Gasteiger partial charge in [-0.2, -0.15) is 17.6 Å². The Hall–Kier alpha value is -3.69. The molecule has 240 valence electrons. The molecule has 2 saturated carbocycles. The molecule has 3 aromatic carbocycles. The average Bonchev–Trinajstić information content (AvgIpc) is 3.02. The predicted molar refractivity (Wildman–Crippen MR) is 153 cm³/mol. The van der Waals surface area contributed by atoms with Crippen molar-refractivity contribution in [3.05, 3.63) is 107 Å². The second-order valence-corrected chi connectivity index (χ2v) is 11.9. The van der Waals surface area contributed by atoms with Crippen molar-refractivity contribution in [3.8, 4) is 16.9 Å². The quantitative estimate of drug-likeness (QED) is 0.136. The SMILES string of the molecule is FC(F)=C(F)c1ccc(-c2ccc(C3CCC(C=CC4CCC(C(F)(F)Oc5cc(F)c(F)c(F)c5)CC4)CC3)c(F)c2)cc1. The predicted octanol–water partition coefficient (Wildman–Crippen LogP) is 11.8. The van der Waals surface area contributed by atoms with E-state index in [1.165, 1.54) is 30.3 Å². The minimum atomic E-state index is -3.66. The van der Waals surface area contributed by atoms with E-state index in [0.29, 0.717) is 41.7 Å². The van der Waals surface area contributed by atoms with E-state index in [1.807, 2.05) is 0 Å². The van der Waals surface area contributed by atoms with Crippen molar-refractivity contribution in [1.82, 2.24) is 0 Å². The lowest BCUT2D eigenvalue weighted by atomic mass is 9.77. The summed E-state index contributed by atoms with van der Waals surface area (Å²) < 4.78 is 127. The number of halogens is 9. The van der Waals surface area contributed by atoms with Gasteiger partial charge in [0.2, 0.25) is 0 Å². The third-order valence-electron chi connectivity index (χ3n) is 8.96. The first-order valence-corrected chi connectivity index (χ1v) is 14.9. The van der Waals surface area contributed by atoms with Crippen molar-refractivity contribution in [3.63, 3.8) is 0 Å². The van der Waals surface area contributed by atoms with Crippen LogP contribution in [0.1, 0.15) is 68.4 Å². The zero-order valence-corrected chi connectivity index (χ0v) is 24.1. The minimum Gasteiger partial charge on any atom is -0.432 e. The molecule has 2 fully saturated rings. The molecule has 1 nitrogen and oxygen atoms in total. The number of hydrogen-bond acceptors (Lipinski definition) is 1. The van der Waals surface area contributed by atoms with E-state index in [9.17, 15) is 35.1 Å². The van der Waals surface area contributed by atoms with Gasteiger partial charge in [0.1, 0.15) is 11.6 Å². The molecular formula is C35H31F9O. The van der Waals surface area contributed by atoms with Crippen molar-refractivity contribution in [2.24, 2.45) is 17.8 Å². The van der Waals surface area contributed by atoms with Crippen LogP contribution in [0, 0.1) is 41.0 Å². The summed E-state index contributed by atoms with van der Waals surface area (Å²) >= 11 is 0. The number of alkyl halides is 2. The molecular weight excluding hydrogens is 607 g/mol. The van der Waals surface area contributed by atoms with E-state index in [0.717, 1.165) is 25.7 Å². The molecule has 0 bridgehead atoms. The largest absolute Gasteiger partial charge is 0.432 e. The number of rotatable bonds is 8. The average molecular weight is 639 g/mol. The van der Waals surface area contributed by atoms with Gasteiger partial charge in [-0.15, -0.1) is 0 Å². The Morgan fingerprint density at radius 1 is 0.644 bits per heavy atom. The van der Waals surface area contributed by atoms with Gasteiger partial charge in [-0.1, -0.05) is 48.6 Å². The molecule has 0 heterocycles. The zero-order valence-electron chi connectivity index (χ0n) is 24.1. The molecule has 5 rings (SSSR count). The maximum absolute atomic E-state index is 15.1. The summed E-state index contributed by atoms with van der Waals surface area (Å²) in [6.45, 7) is 0. The zero-order chi connectivity index (χ0) is 32.3. The number of hydrogen-bond donors (Lipinski definition) is 0. The van der Waals surface area contributed by atoms with Crippen LogP contribution >= 0.6 is 0 Å². The molecule has 0 radical (unpaired) electrons. The third kappa shape index (κ3) is 7.76. The molecule has 0 amide bonds. The second kappa shape index (κ2) is 13.7. The minimum absolute atomic E-state index is 0.0403. The van der Waals surface area contributed by atoms with Gasteiger partial charge in [0, 0.05) is 17.7 Å². The summed E-state index contributed by atoms with van der Waals surface area (Å²) in [5, 5.41) is 0. The molecule has 0 aromatic heterocycles. The lowest BCUT2D eigenvalue weighted by Gasteiger charge is -2.32. The van der Waals surface area contributed by atoms with Crippen LogP contribution in [0.3, 0.4) is 0 Å². The Bertz CT molecular complexity index is 1520. The molecule has 3 aromatic rings. The van der Waals surface area contributed by atoms with Gasteiger partial charge >= 0.3 is 12.2 Å². The highest BCUT2D eigenvalue weighted by Gasteiger charge is 2.44. The lowest BCUT2D eigenvalue weighted by Crippen LogP contribution is -2.37. The summed E-state index contributed by atoms with van der Waals surface area (Å²) in [6, 6.07) is 11.1. The van der Waals surface area contributed by atoms with Gasteiger partial charge in [-0.25, -0.2) is 22.0 Å². The van der Waals surface area contributed by atoms with Crippen LogP contribution in [0.25, 0.3) is 17.0 Å². The molecule has 2 aliphatic rings. The smallest absolute Gasteiger partial charge is 0.400 e. The molecule has 0 N–H and O–H groups in total. The fraction of sp³-hybridized carbons (Fsp3) is 0.371. The van der Waals surface area contributed by atoms with Crippen LogP contribution in [-0.2, 0) is 0 Å². The Kier molecular flexibility index (Phi) is 9.99. The van der Waals surface area contributed by atoms with Gasteiger partial charge in [-0.05, 0) is 91.9 Å². The molecule has 0 saturated heterocycles. The third-order valence-corrected chi connectivity index (χ3v) is 8.96. The first-order valence-electron chi connectivity index (χ1n) is 14.9. The van der Waals surface area contributed by atoms with Crippen LogP contribution in [0.15, 0.2) is 72.8 Å². The van der Waals surface area contributed by atoms with E-state index in [-0.39, 0.29) is 42.0 Å². The lowest BCUT2D eigenvalue weighted by molar-refractivity contribution is -0.223. The van der Waals surface area contributed by atoms with Gasteiger partial charge in [-0.3, -0.25) is 0 Å². The summed E-state index contributed by atoms with van der Waals surface area (Å²) in [4.78, 5) is 0. The Labute approximate surface area is 255 Å². The van der Waals surface area contributed by atoms with Crippen molar-refractivity contribution >= 4 is 5.83 Å². The van der Waals surface area contributed by atoms with Crippen LogP contribution < -0.4 is 4.74 Å². The maximum atomic E-state index is 15.1. The van der Waals surface area contributed by atoms with E-state index < -0.39 is 47.1 Å². The summed E-state index contributed by atoms with van der Waals surface area (Å²) in [7, 11) is 0. The summed E-state index contributed by atoms with van der Waals surface area (Å²) in [5.41, 5.74) is 1.50. The molecule has 0 unspecified atom stereocenters. The normalized spacial score (nSPS) is 22.4. The molecule has 10 heteroatoms. The summed E-state index contributed by atoms with van der Waals surface area (Å²) in [6.07, 6.45) is 2.70. The van der Waals surface area contributed by atoms with Crippen molar-refractivity contribution < 1.29 is 44.3 Å². The molecule has 0 atom stereocenters. The fourth-order valence-corrected chi connectivity index (χ4v) is 6.37. The van der Waals surface area contributed by atoms with E-state index in [1.54, 1.807) is 12.1 Å². The molecule has 45 heavy (non-hydrogen) atoms. The second-order valence-electron chi connectivity index (χ2n) is 11.9. The van der Waals surface area contributed by atoms with Crippen LogP contribution in [0.2, 0.25) is 0 Å². The van der Waals surface area contributed by atoms with Gasteiger partial charge < -0.3 is 4.74 Å². The van der Waals surface area contributed by atoms with E-state index >= 15 is 4.39 Å². The van der Waals surface area contributed by atoms with Crippen LogP contribution in [0.5, 0.6) is 5.75 Å².